The molecule has 0 fully saturated rings. The molecule has 0 spiro atoms. The number of benzene rings is 2. The molecule has 0 saturated carbocycles. The smallest absolute Gasteiger partial charge is 0.262 e. The van der Waals surface area contributed by atoms with Gasteiger partial charge in [-0.2, -0.15) is 4.31 Å². The van der Waals surface area contributed by atoms with Crippen molar-refractivity contribution in [3.05, 3.63) is 53.1 Å². The van der Waals surface area contributed by atoms with Crippen molar-refractivity contribution < 1.29 is 22.7 Å². The van der Waals surface area contributed by atoms with Gasteiger partial charge in [-0.05, 0) is 55.3 Å². The van der Waals surface area contributed by atoms with Crippen molar-refractivity contribution >= 4 is 27.5 Å². The summed E-state index contributed by atoms with van der Waals surface area (Å²) < 4.78 is 32.5. The average Bonchev–Trinajstić information content (AvgIpc) is 2.70. The third kappa shape index (κ3) is 5.37. The predicted octanol–water partition coefficient (Wildman–Crippen LogP) is 2.45. The second kappa shape index (κ2) is 9.73. The van der Waals surface area contributed by atoms with Gasteiger partial charge >= 0.3 is 0 Å². The van der Waals surface area contributed by atoms with Crippen molar-refractivity contribution in [1.29, 1.82) is 0 Å². The molecule has 2 amide bonds. The number of rotatable bonds is 9. The molecular formula is C21H27N3O5S. The summed E-state index contributed by atoms with van der Waals surface area (Å²) in [7, 11) is -3.66. The Hall–Kier alpha value is -2.91. The van der Waals surface area contributed by atoms with Crippen molar-refractivity contribution in [1.82, 2.24) is 4.31 Å². The second-order valence-corrected chi connectivity index (χ2v) is 8.67. The van der Waals surface area contributed by atoms with E-state index in [1.54, 1.807) is 52.0 Å². The van der Waals surface area contributed by atoms with E-state index in [-0.39, 0.29) is 17.1 Å². The minimum absolute atomic E-state index is 0.125. The fraction of sp³-hybridized carbons (Fsp3) is 0.333. The number of carbonyl (C=O) groups is 2. The van der Waals surface area contributed by atoms with Crippen LogP contribution in [0.1, 0.15) is 35.3 Å². The number of primary amides is 1. The van der Waals surface area contributed by atoms with Gasteiger partial charge < -0.3 is 15.8 Å². The first-order valence-electron chi connectivity index (χ1n) is 9.54. The van der Waals surface area contributed by atoms with Gasteiger partial charge in [0.1, 0.15) is 5.75 Å². The highest BCUT2D eigenvalue weighted by molar-refractivity contribution is 7.89. The Morgan fingerprint density at radius 2 is 1.77 bits per heavy atom. The third-order valence-electron chi connectivity index (χ3n) is 4.75. The number of amides is 2. The van der Waals surface area contributed by atoms with Gasteiger partial charge in [0, 0.05) is 24.3 Å². The van der Waals surface area contributed by atoms with Gasteiger partial charge in [-0.3, -0.25) is 9.59 Å². The highest BCUT2D eigenvalue weighted by Crippen LogP contribution is 2.26. The number of hydrogen-bond acceptors (Lipinski definition) is 5. The Morgan fingerprint density at radius 3 is 2.37 bits per heavy atom. The molecule has 8 nitrogen and oxygen atoms in total. The summed E-state index contributed by atoms with van der Waals surface area (Å²) in [6, 6.07) is 9.26. The standard InChI is InChI=1S/C21H27N3O5S/c1-5-24(6-2)30(27,28)18-10-14(3)15(4)19(12-18)23-20(25)13-29-17-9-7-8-16(11-17)21(22)26/h7-12H,5-6,13H2,1-4H3,(H2,22,26)(H,23,25). The summed E-state index contributed by atoms with van der Waals surface area (Å²) in [4.78, 5) is 23.8. The summed E-state index contributed by atoms with van der Waals surface area (Å²) in [5.74, 6) is -0.728. The van der Waals surface area contributed by atoms with E-state index in [4.69, 9.17) is 10.5 Å². The van der Waals surface area contributed by atoms with Crippen LogP contribution in [0.15, 0.2) is 41.3 Å². The van der Waals surface area contributed by atoms with E-state index in [9.17, 15) is 18.0 Å². The number of aryl methyl sites for hydroxylation is 1. The van der Waals surface area contributed by atoms with Crippen LogP contribution in [-0.4, -0.2) is 44.2 Å². The molecule has 30 heavy (non-hydrogen) atoms. The Balaban J connectivity index is 2.19. The van der Waals surface area contributed by atoms with E-state index >= 15 is 0 Å². The number of sulfonamides is 1. The molecule has 3 N–H and O–H groups in total. The van der Waals surface area contributed by atoms with E-state index in [1.807, 2.05) is 0 Å². The predicted molar refractivity (Wildman–Crippen MR) is 115 cm³/mol. The van der Waals surface area contributed by atoms with Crippen LogP contribution in [0.4, 0.5) is 5.69 Å². The maximum atomic E-state index is 12.8. The summed E-state index contributed by atoms with van der Waals surface area (Å²) in [5.41, 5.74) is 7.42. The lowest BCUT2D eigenvalue weighted by molar-refractivity contribution is -0.118. The summed E-state index contributed by atoms with van der Waals surface area (Å²) in [6.07, 6.45) is 0. The van der Waals surface area contributed by atoms with E-state index < -0.39 is 21.8 Å². The van der Waals surface area contributed by atoms with E-state index in [0.29, 0.717) is 24.5 Å². The first kappa shape index (κ1) is 23.4. The van der Waals surface area contributed by atoms with Gasteiger partial charge in [-0.25, -0.2) is 8.42 Å². The maximum absolute atomic E-state index is 12.8. The van der Waals surface area contributed by atoms with Crippen LogP contribution < -0.4 is 15.8 Å². The topological polar surface area (TPSA) is 119 Å². The number of nitrogens with two attached hydrogens (primary N) is 1. The molecule has 0 atom stereocenters. The molecule has 0 unspecified atom stereocenters. The largest absolute Gasteiger partial charge is 0.484 e. The molecule has 9 heteroatoms. The van der Waals surface area contributed by atoms with Crippen molar-refractivity contribution in [3.8, 4) is 5.75 Å². The summed E-state index contributed by atoms with van der Waals surface area (Å²) in [6.45, 7) is 7.53. The first-order valence-corrected chi connectivity index (χ1v) is 11.0. The number of nitrogens with one attached hydrogen (secondary N) is 1. The van der Waals surface area contributed by atoms with Crippen LogP contribution in [0.2, 0.25) is 0 Å². The molecule has 162 valence electrons. The number of ether oxygens (including phenoxy) is 1. The molecule has 0 aliphatic rings. The molecule has 0 saturated heterocycles. The Morgan fingerprint density at radius 1 is 1.10 bits per heavy atom. The molecule has 2 aromatic rings. The molecule has 2 rings (SSSR count). The fourth-order valence-corrected chi connectivity index (χ4v) is 4.46. The zero-order valence-corrected chi connectivity index (χ0v) is 18.4. The van der Waals surface area contributed by atoms with Gasteiger partial charge in [0.25, 0.3) is 5.91 Å². The van der Waals surface area contributed by atoms with E-state index in [0.717, 1.165) is 11.1 Å². The van der Waals surface area contributed by atoms with Crippen LogP contribution in [0.25, 0.3) is 0 Å². The Kier molecular flexibility index (Phi) is 7.58. The Labute approximate surface area is 177 Å². The maximum Gasteiger partial charge on any atom is 0.262 e. The van der Waals surface area contributed by atoms with Crippen LogP contribution in [0.3, 0.4) is 0 Å². The van der Waals surface area contributed by atoms with Crippen molar-refractivity contribution in [3.63, 3.8) is 0 Å². The SMILES string of the molecule is CCN(CC)S(=O)(=O)c1cc(C)c(C)c(NC(=O)COc2cccc(C(N)=O)c2)c1. The number of hydrogen-bond donors (Lipinski definition) is 2. The van der Waals surface area contributed by atoms with Crippen molar-refractivity contribution in [2.75, 3.05) is 25.0 Å². The first-order chi connectivity index (χ1) is 14.1. The quantitative estimate of drug-likeness (QED) is 0.630. The van der Waals surface area contributed by atoms with Crippen LogP contribution in [-0.2, 0) is 14.8 Å². The molecular weight excluding hydrogens is 406 g/mol. The molecule has 0 heterocycles. The van der Waals surface area contributed by atoms with E-state index in [2.05, 4.69) is 5.32 Å². The van der Waals surface area contributed by atoms with Crippen LogP contribution in [0, 0.1) is 13.8 Å². The molecule has 0 aliphatic carbocycles. The van der Waals surface area contributed by atoms with E-state index in [1.165, 1.54) is 16.4 Å². The minimum Gasteiger partial charge on any atom is -0.484 e. The van der Waals surface area contributed by atoms with Gasteiger partial charge in [0.15, 0.2) is 6.61 Å². The molecule has 0 aromatic heterocycles. The van der Waals surface area contributed by atoms with Crippen molar-refractivity contribution in [2.24, 2.45) is 5.73 Å². The lowest BCUT2D eigenvalue weighted by Gasteiger charge is -2.20. The fourth-order valence-electron chi connectivity index (χ4n) is 2.89. The van der Waals surface area contributed by atoms with Gasteiger partial charge in [-0.1, -0.05) is 19.9 Å². The molecule has 0 bridgehead atoms. The second-order valence-electron chi connectivity index (χ2n) is 6.73. The lowest BCUT2D eigenvalue weighted by Crippen LogP contribution is -2.31. The number of nitrogens with zero attached hydrogens (tertiary/aromatic N) is 1. The van der Waals surface area contributed by atoms with Gasteiger partial charge in [0.2, 0.25) is 15.9 Å². The lowest BCUT2D eigenvalue weighted by atomic mass is 10.1. The number of carbonyl (C=O) groups excluding carboxylic acids is 2. The van der Waals surface area contributed by atoms with Gasteiger partial charge in [-0.15, -0.1) is 0 Å². The normalized spacial score (nSPS) is 11.4. The molecule has 0 radical (unpaired) electrons. The minimum atomic E-state index is -3.66. The van der Waals surface area contributed by atoms with Gasteiger partial charge in [0.05, 0.1) is 4.90 Å². The van der Waals surface area contributed by atoms with Crippen LogP contribution in [0.5, 0.6) is 5.75 Å². The Bertz CT molecular complexity index is 1050. The average molecular weight is 434 g/mol. The molecule has 2 aromatic carbocycles. The number of anilines is 1. The van der Waals surface area contributed by atoms with Crippen molar-refractivity contribution in [2.45, 2.75) is 32.6 Å². The third-order valence-corrected chi connectivity index (χ3v) is 6.77. The summed E-state index contributed by atoms with van der Waals surface area (Å²) >= 11 is 0. The van der Waals surface area contributed by atoms with Crippen LogP contribution >= 0.6 is 0 Å². The summed E-state index contributed by atoms with van der Waals surface area (Å²) in [5, 5.41) is 2.71. The highest BCUT2D eigenvalue weighted by Gasteiger charge is 2.23. The monoisotopic (exact) mass is 433 g/mol. The highest BCUT2D eigenvalue weighted by atomic mass is 32.2. The zero-order chi connectivity index (χ0) is 22.5. The molecule has 0 aliphatic heterocycles. The zero-order valence-electron chi connectivity index (χ0n) is 17.6.